The Morgan fingerprint density at radius 2 is 1.21 bits per heavy atom. The number of unbranched alkanes of at least 4 members (excludes halogenated alkanes) is 9. The second-order valence-corrected chi connectivity index (χ2v) is 11.2. The molecule has 0 aliphatic rings. The molecule has 0 N–H and O–H groups in total. The topological polar surface area (TPSA) is 24.7 Å². The van der Waals surface area contributed by atoms with Crippen LogP contribution in [-0.4, -0.2) is 11.9 Å². The van der Waals surface area contributed by atoms with Crippen LogP contribution in [-0.2, 0) is 25.7 Å². The molecule has 38 heavy (non-hydrogen) atoms. The van der Waals surface area contributed by atoms with Gasteiger partial charge in [0.1, 0.15) is 0 Å². The zero-order valence-corrected chi connectivity index (χ0v) is 25.7. The van der Waals surface area contributed by atoms with Crippen molar-refractivity contribution in [2.75, 3.05) is 0 Å². The van der Waals surface area contributed by atoms with Crippen LogP contribution < -0.4 is 0 Å². The Bertz CT molecular complexity index is 999. The van der Waals surface area contributed by atoms with E-state index in [2.05, 4.69) is 71.9 Å². The Hall–Kier alpha value is -2.22. The van der Waals surface area contributed by atoms with E-state index in [0.717, 1.165) is 36.3 Å². The van der Waals surface area contributed by atoms with Gasteiger partial charge in [-0.15, -0.1) is 0 Å². The maximum absolute atomic E-state index is 5.03. The Balaban J connectivity index is 2.19. The third kappa shape index (κ3) is 12.1. The van der Waals surface area contributed by atoms with Crippen LogP contribution in [0.5, 0.6) is 0 Å². The van der Waals surface area contributed by atoms with Gasteiger partial charge in [0.15, 0.2) is 0 Å². The molecule has 0 saturated heterocycles. The number of nitrogens with zero attached hydrogens (tertiary/aromatic N) is 2. The summed E-state index contributed by atoms with van der Waals surface area (Å²) in [6.07, 6.45) is 22.2. The molecule has 2 aromatic rings. The van der Waals surface area contributed by atoms with E-state index < -0.39 is 0 Å². The summed E-state index contributed by atoms with van der Waals surface area (Å²) < 4.78 is 0. The van der Waals surface area contributed by atoms with Crippen molar-refractivity contribution in [1.82, 2.24) is 0 Å². The summed E-state index contributed by atoms with van der Waals surface area (Å²) >= 11 is 0. The van der Waals surface area contributed by atoms with E-state index in [0.29, 0.717) is 0 Å². The van der Waals surface area contributed by atoms with Crippen molar-refractivity contribution in [2.24, 2.45) is 9.98 Å². The molecule has 0 saturated carbocycles. The number of rotatable bonds is 19. The van der Waals surface area contributed by atoms with Crippen LogP contribution >= 0.6 is 0 Å². The standard InChI is InChI=1S/C36H56N2/c1-7-11-14-16-17-19-22-33-27-35(26-32(21-13-9-3)36(33)10-4)38-30(6)28-37-34-24-29(5)23-31(25-34)20-18-15-12-8-2/h23-28H,7-22H2,1-6H3. The number of hydrogen-bond acceptors (Lipinski definition) is 2. The maximum atomic E-state index is 5.03. The molecule has 0 bridgehead atoms. The van der Waals surface area contributed by atoms with E-state index in [1.165, 1.54) is 106 Å². The fraction of sp³-hybridized carbons (Fsp3) is 0.611. The van der Waals surface area contributed by atoms with Crippen LogP contribution in [0.3, 0.4) is 0 Å². The number of aliphatic imine (C=N–C) groups is 2. The van der Waals surface area contributed by atoms with E-state index in [4.69, 9.17) is 9.98 Å². The van der Waals surface area contributed by atoms with E-state index in [1.807, 2.05) is 6.21 Å². The van der Waals surface area contributed by atoms with Gasteiger partial charge in [0.05, 0.1) is 17.1 Å². The highest BCUT2D eigenvalue weighted by molar-refractivity contribution is 6.30. The molecule has 0 spiro atoms. The third-order valence-corrected chi connectivity index (χ3v) is 7.52. The fourth-order valence-electron chi connectivity index (χ4n) is 5.42. The summed E-state index contributed by atoms with van der Waals surface area (Å²) in [5, 5.41) is 0. The van der Waals surface area contributed by atoms with Crippen LogP contribution in [0.1, 0.15) is 139 Å². The smallest absolute Gasteiger partial charge is 0.0639 e. The first-order chi connectivity index (χ1) is 18.5. The first-order valence-electron chi connectivity index (χ1n) is 15.8. The van der Waals surface area contributed by atoms with Gasteiger partial charge in [0, 0.05) is 6.21 Å². The zero-order chi connectivity index (χ0) is 27.6. The normalized spacial score (nSPS) is 12.1. The maximum Gasteiger partial charge on any atom is 0.0639 e. The van der Waals surface area contributed by atoms with Crippen molar-refractivity contribution in [3.05, 3.63) is 58.1 Å². The monoisotopic (exact) mass is 516 g/mol. The predicted octanol–water partition coefficient (Wildman–Crippen LogP) is 11.4. The number of hydrogen-bond donors (Lipinski definition) is 0. The van der Waals surface area contributed by atoms with E-state index in [1.54, 1.807) is 5.56 Å². The lowest BCUT2D eigenvalue weighted by Gasteiger charge is -2.15. The molecule has 0 amide bonds. The minimum atomic E-state index is 0.965. The molecule has 0 aliphatic heterocycles. The first kappa shape index (κ1) is 32.0. The quantitative estimate of drug-likeness (QED) is 0.131. The average molecular weight is 517 g/mol. The molecular formula is C36H56N2. The summed E-state index contributed by atoms with van der Waals surface area (Å²) in [7, 11) is 0. The molecule has 2 nitrogen and oxygen atoms in total. The highest BCUT2D eigenvalue weighted by Gasteiger charge is 2.10. The third-order valence-electron chi connectivity index (χ3n) is 7.52. The highest BCUT2D eigenvalue weighted by Crippen LogP contribution is 2.27. The summed E-state index contributed by atoms with van der Waals surface area (Å²) in [6, 6.07) is 11.4. The van der Waals surface area contributed by atoms with Crippen LogP contribution in [0, 0.1) is 6.92 Å². The van der Waals surface area contributed by atoms with Crippen LogP contribution in [0.4, 0.5) is 11.4 Å². The SMILES string of the molecule is CCCCCCCCc1cc(N=C(C)C=Nc2cc(C)cc(CCCCCC)c2)cc(CCCC)c1CC. The first-order valence-corrected chi connectivity index (χ1v) is 15.8. The average Bonchev–Trinajstić information content (AvgIpc) is 2.90. The molecule has 2 rings (SSSR count). The Kier molecular flexibility index (Phi) is 15.9. The predicted molar refractivity (Wildman–Crippen MR) is 171 cm³/mol. The molecule has 0 radical (unpaired) electrons. The van der Waals surface area contributed by atoms with Crippen molar-refractivity contribution in [1.29, 1.82) is 0 Å². The fourth-order valence-corrected chi connectivity index (χ4v) is 5.42. The Labute approximate surface area is 235 Å². The Morgan fingerprint density at radius 3 is 1.87 bits per heavy atom. The molecular weight excluding hydrogens is 460 g/mol. The number of benzene rings is 2. The van der Waals surface area contributed by atoms with Gasteiger partial charge in [-0.2, -0.15) is 0 Å². The molecule has 2 aromatic carbocycles. The van der Waals surface area contributed by atoms with Gasteiger partial charge in [-0.25, -0.2) is 0 Å². The summed E-state index contributed by atoms with van der Waals surface area (Å²) in [6.45, 7) is 13.4. The van der Waals surface area contributed by atoms with E-state index in [9.17, 15) is 0 Å². The van der Waals surface area contributed by atoms with Crippen molar-refractivity contribution < 1.29 is 0 Å². The molecule has 0 aliphatic carbocycles. The second kappa shape index (κ2) is 18.9. The molecule has 0 fully saturated rings. The number of aryl methyl sites for hydroxylation is 4. The summed E-state index contributed by atoms with van der Waals surface area (Å²) in [4.78, 5) is 9.86. The van der Waals surface area contributed by atoms with Gasteiger partial charge in [-0.1, -0.05) is 91.5 Å². The minimum Gasteiger partial charge on any atom is -0.255 e. The zero-order valence-electron chi connectivity index (χ0n) is 25.7. The summed E-state index contributed by atoms with van der Waals surface area (Å²) in [5.74, 6) is 0. The van der Waals surface area contributed by atoms with Gasteiger partial charge < -0.3 is 0 Å². The molecule has 2 heteroatoms. The van der Waals surface area contributed by atoms with Crippen LogP contribution in [0.25, 0.3) is 0 Å². The van der Waals surface area contributed by atoms with Crippen LogP contribution in [0.15, 0.2) is 40.3 Å². The minimum absolute atomic E-state index is 0.965. The van der Waals surface area contributed by atoms with Crippen molar-refractivity contribution in [3.8, 4) is 0 Å². The lowest BCUT2D eigenvalue weighted by Crippen LogP contribution is -2.01. The van der Waals surface area contributed by atoms with Crippen molar-refractivity contribution in [3.63, 3.8) is 0 Å². The molecule has 0 heterocycles. The van der Waals surface area contributed by atoms with Crippen LogP contribution in [0.2, 0.25) is 0 Å². The largest absolute Gasteiger partial charge is 0.255 e. The van der Waals surface area contributed by atoms with Gasteiger partial charge in [-0.05, 0) is 111 Å². The van der Waals surface area contributed by atoms with Gasteiger partial charge >= 0.3 is 0 Å². The lowest BCUT2D eigenvalue weighted by atomic mass is 9.91. The van der Waals surface area contributed by atoms with Crippen molar-refractivity contribution >= 4 is 23.3 Å². The van der Waals surface area contributed by atoms with E-state index in [-0.39, 0.29) is 0 Å². The second-order valence-electron chi connectivity index (χ2n) is 11.2. The van der Waals surface area contributed by atoms with Crippen molar-refractivity contribution in [2.45, 2.75) is 144 Å². The molecule has 0 unspecified atom stereocenters. The lowest BCUT2D eigenvalue weighted by molar-refractivity contribution is 0.606. The van der Waals surface area contributed by atoms with E-state index >= 15 is 0 Å². The highest BCUT2D eigenvalue weighted by atomic mass is 14.8. The van der Waals surface area contributed by atoms with Gasteiger partial charge in [0.25, 0.3) is 0 Å². The Morgan fingerprint density at radius 1 is 0.632 bits per heavy atom. The molecule has 210 valence electrons. The molecule has 0 atom stereocenters. The van der Waals surface area contributed by atoms with Gasteiger partial charge in [-0.3, -0.25) is 9.98 Å². The summed E-state index contributed by atoms with van der Waals surface area (Å²) in [5.41, 5.74) is 10.4. The molecule has 0 aromatic heterocycles. The van der Waals surface area contributed by atoms with Gasteiger partial charge in [0.2, 0.25) is 0 Å².